The van der Waals surface area contributed by atoms with Crippen LogP contribution in [0.25, 0.3) is 10.6 Å². The van der Waals surface area contributed by atoms with Crippen LogP contribution in [-0.2, 0) is 0 Å². The van der Waals surface area contributed by atoms with Crippen LogP contribution in [0.4, 0.5) is 5.13 Å². The molecule has 66 valence electrons. The second kappa shape index (κ2) is 3.32. The number of halogens is 1. The van der Waals surface area contributed by atoms with Crippen molar-refractivity contribution in [3.8, 4) is 10.6 Å². The Hall–Kier alpha value is -1.13. The van der Waals surface area contributed by atoms with E-state index in [-0.39, 0.29) is 0 Å². The van der Waals surface area contributed by atoms with Gasteiger partial charge in [-0.2, -0.15) is 0 Å². The monoisotopic (exact) mass is 211 g/mol. The van der Waals surface area contributed by atoms with E-state index < -0.39 is 0 Å². The van der Waals surface area contributed by atoms with E-state index in [0.717, 1.165) is 10.6 Å². The molecule has 0 aliphatic carbocycles. The van der Waals surface area contributed by atoms with Gasteiger partial charge >= 0.3 is 0 Å². The summed E-state index contributed by atoms with van der Waals surface area (Å²) in [6, 6.07) is 7.41. The fraction of sp³-hybridized carbons (Fsp3) is 0. The summed E-state index contributed by atoms with van der Waals surface area (Å²) in [5, 5.41) is 9.65. The number of nitrogens with zero attached hydrogens (tertiary/aromatic N) is 2. The maximum atomic E-state index is 5.75. The van der Waals surface area contributed by atoms with E-state index in [1.54, 1.807) is 0 Å². The van der Waals surface area contributed by atoms with Crippen molar-refractivity contribution in [3.05, 3.63) is 29.3 Å². The van der Waals surface area contributed by atoms with Gasteiger partial charge in [0.25, 0.3) is 0 Å². The van der Waals surface area contributed by atoms with Crippen molar-refractivity contribution in [2.45, 2.75) is 0 Å². The fourth-order valence-electron chi connectivity index (χ4n) is 0.944. The third-order valence-electron chi connectivity index (χ3n) is 1.53. The van der Waals surface area contributed by atoms with Gasteiger partial charge in [-0.05, 0) is 12.1 Å². The molecule has 0 radical (unpaired) electrons. The molecular formula is C8H6ClN3S. The quantitative estimate of drug-likeness (QED) is 0.788. The van der Waals surface area contributed by atoms with Crippen molar-refractivity contribution < 1.29 is 0 Å². The molecule has 0 bridgehead atoms. The molecule has 13 heavy (non-hydrogen) atoms. The number of nitrogen functional groups attached to an aromatic ring is 1. The molecule has 0 atom stereocenters. The van der Waals surface area contributed by atoms with Crippen LogP contribution < -0.4 is 5.73 Å². The summed E-state index contributed by atoms with van der Waals surface area (Å²) in [6.45, 7) is 0. The molecule has 0 aliphatic heterocycles. The summed E-state index contributed by atoms with van der Waals surface area (Å²) in [5.41, 5.74) is 6.45. The van der Waals surface area contributed by atoms with E-state index in [1.165, 1.54) is 11.3 Å². The van der Waals surface area contributed by atoms with Crippen molar-refractivity contribution in [3.63, 3.8) is 0 Å². The lowest BCUT2D eigenvalue weighted by molar-refractivity contribution is 1.10. The highest BCUT2D eigenvalue weighted by atomic mass is 35.5. The first kappa shape index (κ1) is 8.47. The van der Waals surface area contributed by atoms with Crippen molar-refractivity contribution in [1.82, 2.24) is 10.2 Å². The van der Waals surface area contributed by atoms with Gasteiger partial charge < -0.3 is 5.73 Å². The molecule has 0 fully saturated rings. The summed E-state index contributed by atoms with van der Waals surface area (Å²) in [6.07, 6.45) is 0. The average Bonchev–Trinajstić information content (AvgIpc) is 2.53. The van der Waals surface area contributed by atoms with E-state index in [4.69, 9.17) is 17.3 Å². The topological polar surface area (TPSA) is 51.8 Å². The molecule has 1 aromatic carbocycles. The van der Waals surface area contributed by atoms with Gasteiger partial charge in [-0.3, -0.25) is 0 Å². The first-order valence-electron chi connectivity index (χ1n) is 3.60. The Morgan fingerprint density at radius 2 is 1.85 bits per heavy atom. The first-order valence-corrected chi connectivity index (χ1v) is 4.80. The highest BCUT2D eigenvalue weighted by Gasteiger charge is 2.03. The SMILES string of the molecule is Nc1nnc(-c2ccc(Cl)cc2)s1. The van der Waals surface area contributed by atoms with Crippen molar-refractivity contribution in [2.75, 3.05) is 5.73 Å². The highest BCUT2D eigenvalue weighted by Crippen LogP contribution is 2.25. The number of hydrogen-bond acceptors (Lipinski definition) is 4. The van der Waals surface area contributed by atoms with Gasteiger partial charge in [0.15, 0.2) is 0 Å². The third kappa shape index (κ3) is 1.79. The summed E-state index contributed by atoms with van der Waals surface area (Å²) in [5.74, 6) is 0. The van der Waals surface area contributed by atoms with Crippen molar-refractivity contribution in [1.29, 1.82) is 0 Å². The van der Waals surface area contributed by atoms with Crippen LogP contribution in [-0.4, -0.2) is 10.2 Å². The Balaban J connectivity index is 2.41. The minimum absolute atomic E-state index is 0.477. The normalized spacial score (nSPS) is 10.2. The zero-order chi connectivity index (χ0) is 9.26. The standard InChI is InChI=1S/C8H6ClN3S/c9-6-3-1-5(2-4-6)7-11-12-8(10)13-7/h1-4H,(H2,10,12). The second-order valence-corrected chi connectivity index (χ2v) is 3.90. The number of benzene rings is 1. The Morgan fingerprint density at radius 3 is 2.38 bits per heavy atom. The van der Waals surface area contributed by atoms with Crippen LogP contribution in [0, 0.1) is 0 Å². The largest absolute Gasteiger partial charge is 0.374 e. The van der Waals surface area contributed by atoms with Crippen molar-refractivity contribution >= 4 is 28.1 Å². The molecule has 3 nitrogen and oxygen atoms in total. The van der Waals surface area contributed by atoms with Gasteiger partial charge in [0, 0.05) is 10.6 Å². The van der Waals surface area contributed by atoms with E-state index >= 15 is 0 Å². The van der Waals surface area contributed by atoms with E-state index in [1.807, 2.05) is 24.3 Å². The molecule has 0 unspecified atom stereocenters. The van der Waals surface area contributed by atoms with Gasteiger partial charge in [-0.1, -0.05) is 35.1 Å². The zero-order valence-electron chi connectivity index (χ0n) is 6.57. The summed E-state index contributed by atoms with van der Waals surface area (Å²) in [7, 11) is 0. The number of anilines is 1. The lowest BCUT2D eigenvalue weighted by atomic mass is 10.2. The summed E-state index contributed by atoms with van der Waals surface area (Å²) < 4.78 is 0. The predicted octanol–water partition coefficient (Wildman–Crippen LogP) is 2.44. The molecule has 1 heterocycles. The molecule has 0 amide bonds. The third-order valence-corrected chi connectivity index (χ3v) is 2.59. The molecule has 2 N–H and O–H groups in total. The van der Waals surface area contributed by atoms with Crippen LogP contribution >= 0.6 is 22.9 Å². The fourth-order valence-corrected chi connectivity index (χ4v) is 1.69. The van der Waals surface area contributed by atoms with Crippen molar-refractivity contribution in [2.24, 2.45) is 0 Å². The number of aromatic nitrogens is 2. The van der Waals surface area contributed by atoms with E-state index in [0.29, 0.717) is 10.2 Å². The van der Waals surface area contributed by atoms with Gasteiger partial charge in [0.1, 0.15) is 5.01 Å². The summed E-state index contributed by atoms with van der Waals surface area (Å²) in [4.78, 5) is 0. The molecule has 0 aliphatic rings. The molecule has 2 rings (SSSR count). The lowest BCUT2D eigenvalue weighted by Gasteiger charge is -1.93. The maximum Gasteiger partial charge on any atom is 0.203 e. The van der Waals surface area contributed by atoms with Gasteiger partial charge in [0.05, 0.1) is 0 Å². The molecule has 0 saturated heterocycles. The second-order valence-electron chi connectivity index (χ2n) is 2.45. The molecule has 0 saturated carbocycles. The molecule has 1 aromatic heterocycles. The van der Waals surface area contributed by atoms with Gasteiger partial charge in [-0.15, -0.1) is 10.2 Å². The van der Waals surface area contributed by atoms with Crippen LogP contribution in [0.15, 0.2) is 24.3 Å². The number of nitrogens with two attached hydrogens (primary N) is 1. The van der Waals surface area contributed by atoms with Crippen LogP contribution in [0.5, 0.6) is 0 Å². The Labute approximate surface area is 84.2 Å². The molecule has 0 spiro atoms. The van der Waals surface area contributed by atoms with Crippen LogP contribution in [0.3, 0.4) is 0 Å². The Bertz CT molecular complexity index is 410. The molecular weight excluding hydrogens is 206 g/mol. The Morgan fingerprint density at radius 1 is 1.15 bits per heavy atom. The Kier molecular flexibility index (Phi) is 2.16. The predicted molar refractivity (Wildman–Crippen MR) is 54.8 cm³/mol. The van der Waals surface area contributed by atoms with Gasteiger partial charge in [-0.25, -0.2) is 0 Å². The lowest BCUT2D eigenvalue weighted by Crippen LogP contribution is -1.80. The number of rotatable bonds is 1. The van der Waals surface area contributed by atoms with E-state index in [2.05, 4.69) is 10.2 Å². The van der Waals surface area contributed by atoms with Crippen LogP contribution in [0.2, 0.25) is 5.02 Å². The van der Waals surface area contributed by atoms with Gasteiger partial charge in [0.2, 0.25) is 5.13 Å². The van der Waals surface area contributed by atoms with Crippen LogP contribution in [0.1, 0.15) is 0 Å². The smallest absolute Gasteiger partial charge is 0.203 e. The zero-order valence-corrected chi connectivity index (χ0v) is 8.14. The molecule has 2 aromatic rings. The first-order chi connectivity index (χ1) is 6.25. The minimum Gasteiger partial charge on any atom is -0.374 e. The average molecular weight is 212 g/mol. The number of hydrogen-bond donors (Lipinski definition) is 1. The highest BCUT2D eigenvalue weighted by molar-refractivity contribution is 7.18. The maximum absolute atomic E-state index is 5.75. The minimum atomic E-state index is 0.477. The van der Waals surface area contributed by atoms with E-state index in [9.17, 15) is 0 Å². The summed E-state index contributed by atoms with van der Waals surface area (Å²) >= 11 is 7.11. The molecule has 5 heteroatoms.